The van der Waals surface area contributed by atoms with Gasteiger partial charge in [-0.05, 0) is 25.7 Å². The number of hydrogen-bond donors (Lipinski definition) is 8. The van der Waals surface area contributed by atoms with Gasteiger partial charge in [-0.25, -0.2) is 4.98 Å². The number of carboxylic acids is 2. The summed E-state index contributed by atoms with van der Waals surface area (Å²) in [5.41, 5.74) is 6.71. The first-order chi connectivity index (χ1) is 31.5. The molecule has 9 N–H and O–H groups in total. The molecule has 65 heavy (non-hydrogen) atoms. The van der Waals surface area contributed by atoms with Gasteiger partial charge >= 0.3 is 11.9 Å². The topological polar surface area (TPSA) is 300 Å². The molecule has 374 valence electrons. The number of aliphatic carboxylic acids is 2. The van der Waals surface area contributed by atoms with Crippen LogP contribution in [-0.2, 0) is 58.9 Å². The van der Waals surface area contributed by atoms with Gasteiger partial charge in [0.15, 0.2) is 5.78 Å². The summed E-state index contributed by atoms with van der Waals surface area (Å²) in [6.45, 7) is 1.69. The fourth-order valence-electron chi connectivity index (χ4n) is 6.69. The van der Waals surface area contributed by atoms with E-state index in [-0.39, 0.29) is 90.4 Å². The standard InChI is InChI=1S/C45H79N7O13.H2/c46-38(30-37-31-47-35-52-37)39(53)29-36(45(61)51-32-44(59)60)17-15-16-20-48-41(55)33-64-27-26-63-24-22-50-42(56)34-65-28-25-62-23-21-49-40(54)18-13-11-9-7-5-3-1-2-4-6-8-10-12-14-19-43(57)58;/h31,35-36,38H,1-30,32-34,46H2,(H,47,52)(H,48,55)(H,49,54)(H,50,56)(H,51,61)(H,57,58)(H,59,60);1H/t36-,38+;/m1./s1. The average Bonchev–Trinajstić information content (AvgIpc) is 3.79. The van der Waals surface area contributed by atoms with Gasteiger partial charge in [0.1, 0.15) is 19.8 Å². The Hall–Kier alpha value is -4.50. The van der Waals surface area contributed by atoms with Gasteiger partial charge < -0.3 is 61.1 Å². The number of amides is 4. The average molecular weight is 928 g/mol. The minimum atomic E-state index is -1.20. The molecule has 1 aromatic rings. The number of imidazole rings is 1. The number of rotatable bonds is 46. The molecule has 1 rings (SSSR count). The molecule has 20 heteroatoms. The molecule has 0 aliphatic heterocycles. The molecule has 0 aromatic carbocycles. The lowest BCUT2D eigenvalue weighted by Gasteiger charge is -2.18. The van der Waals surface area contributed by atoms with E-state index >= 15 is 0 Å². The zero-order chi connectivity index (χ0) is 47.6. The molecule has 0 aliphatic carbocycles. The number of nitrogens with two attached hydrogens (primary N) is 1. The first kappa shape index (κ1) is 58.5. The third kappa shape index (κ3) is 37.4. The first-order valence-electron chi connectivity index (χ1n) is 23.6. The highest BCUT2D eigenvalue weighted by atomic mass is 16.5. The maximum Gasteiger partial charge on any atom is 0.322 e. The zero-order valence-corrected chi connectivity index (χ0v) is 38.6. The molecule has 0 saturated heterocycles. The number of hydrogen-bond acceptors (Lipinski definition) is 13. The first-order valence-corrected chi connectivity index (χ1v) is 23.6. The highest BCUT2D eigenvalue weighted by molar-refractivity contribution is 5.90. The van der Waals surface area contributed by atoms with Crippen LogP contribution in [0.5, 0.6) is 0 Å². The third-order valence-corrected chi connectivity index (χ3v) is 10.3. The molecule has 0 aliphatic rings. The highest BCUT2D eigenvalue weighted by Crippen LogP contribution is 2.16. The second-order valence-electron chi connectivity index (χ2n) is 16.1. The number of ether oxygens (including phenoxy) is 4. The molecule has 0 saturated carbocycles. The summed E-state index contributed by atoms with van der Waals surface area (Å²) in [4.78, 5) is 89.6. The van der Waals surface area contributed by atoms with Crippen molar-refractivity contribution >= 4 is 41.4 Å². The third-order valence-electron chi connectivity index (χ3n) is 10.3. The maximum absolute atomic E-state index is 12.7. The zero-order valence-electron chi connectivity index (χ0n) is 38.6. The maximum atomic E-state index is 12.7. The minimum absolute atomic E-state index is 0. The van der Waals surface area contributed by atoms with Gasteiger partial charge in [0.05, 0.1) is 52.0 Å². The quantitative estimate of drug-likeness (QED) is 0.0436. The predicted molar refractivity (Wildman–Crippen MR) is 244 cm³/mol. The molecule has 0 radical (unpaired) electrons. The molecule has 0 unspecified atom stereocenters. The summed E-state index contributed by atoms with van der Waals surface area (Å²) in [5, 5.41) is 28.2. The molecule has 2 atom stereocenters. The molecule has 20 nitrogen and oxygen atoms in total. The number of carbonyl (C=O) groups is 7. The van der Waals surface area contributed by atoms with E-state index < -0.39 is 36.4 Å². The predicted octanol–water partition coefficient (Wildman–Crippen LogP) is 3.21. The van der Waals surface area contributed by atoms with Crippen molar-refractivity contribution in [1.82, 2.24) is 31.2 Å². The van der Waals surface area contributed by atoms with Gasteiger partial charge in [-0.1, -0.05) is 83.5 Å². The van der Waals surface area contributed by atoms with Crippen LogP contribution in [0.2, 0.25) is 0 Å². The smallest absolute Gasteiger partial charge is 0.322 e. The van der Waals surface area contributed by atoms with Crippen molar-refractivity contribution in [3.8, 4) is 0 Å². The molecular weight excluding hydrogens is 847 g/mol. The Morgan fingerprint density at radius 2 is 1.08 bits per heavy atom. The summed E-state index contributed by atoms with van der Waals surface area (Å²) in [6.07, 6.45) is 21.3. The Morgan fingerprint density at radius 1 is 0.585 bits per heavy atom. The van der Waals surface area contributed by atoms with Crippen LogP contribution in [-0.4, -0.2) is 147 Å². The number of H-pyrrole nitrogens is 1. The molecule has 1 aromatic heterocycles. The SMILES string of the molecule is N[C@@H](Cc1cnc[nH]1)C(=O)C[C@@H](CCCCNC(=O)COCCOCCNC(=O)COCCOCCNC(=O)CCCCCCCCCCCCCCCCC(=O)O)C(=O)NCC(=O)O.[HH]. The van der Waals surface area contributed by atoms with Crippen molar-refractivity contribution in [3.63, 3.8) is 0 Å². The second kappa shape index (κ2) is 41.0. The van der Waals surface area contributed by atoms with Gasteiger partial charge in [0.25, 0.3) is 0 Å². The van der Waals surface area contributed by atoms with E-state index in [2.05, 4.69) is 31.2 Å². The molecule has 0 bridgehead atoms. The number of carboxylic acid groups (broad SMARTS) is 2. The van der Waals surface area contributed by atoms with Crippen LogP contribution < -0.4 is 27.0 Å². The van der Waals surface area contributed by atoms with Gasteiger partial charge in [-0.15, -0.1) is 0 Å². The van der Waals surface area contributed by atoms with Crippen molar-refractivity contribution in [3.05, 3.63) is 18.2 Å². The molecule has 0 spiro atoms. The van der Waals surface area contributed by atoms with E-state index in [1.54, 1.807) is 6.20 Å². The number of ketones is 1. The van der Waals surface area contributed by atoms with Crippen molar-refractivity contribution < 1.29 is 64.1 Å². The van der Waals surface area contributed by atoms with Gasteiger partial charge in [-0.3, -0.25) is 33.6 Å². The van der Waals surface area contributed by atoms with E-state index in [4.69, 9.17) is 34.9 Å². The van der Waals surface area contributed by atoms with E-state index in [0.717, 1.165) is 38.5 Å². The molecular formula is C45H81N7O13. The Bertz CT molecular complexity index is 1440. The largest absolute Gasteiger partial charge is 0.481 e. The Labute approximate surface area is 385 Å². The fraction of sp³-hybridized carbons (Fsp3) is 0.778. The van der Waals surface area contributed by atoms with Crippen molar-refractivity contribution in [2.45, 2.75) is 141 Å². The Morgan fingerprint density at radius 3 is 1.58 bits per heavy atom. The lowest BCUT2D eigenvalue weighted by molar-refractivity contribution is -0.139. The van der Waals surface area contributed by atoms with Crippen LogP contribution in [0.1, 0.15) is 136 Å². The Balaban J connectivity index is 0.0000422. The molecule has 1 heterocycles. The van der Waals surface area contributed by atoms with E-state index in [1.807, 2.05) is 0 Å². The van der Waals surface area contributed by atoms with Crippen molar-refractivity contribution in [1.29, 1.82) is 0 Å². The Kier molecular flexibility index (Phi) is 36.9. The number of carbonyl (C=O) groups excluding carboxylic acids is 5. The number of Topliss-reactive ketones (excluding diaryl/α,β-unsaturated/α-hetero) is 1. The van der Waals surface area contributed by atoms with Crippen molar-refractivity contribution in [2.24, 2.45) is 11.7 Å². The van der Waals surface area contributed by atoms with E-state index in [9.17, 15) is 33.6 Å². The normalized spacial score (nSPS) is 12.0. The van der Waals surface area contributed by atoms with Crippen LogP contribution >= 0.6 is 0 Å². The highest BCUT2D eigenvalue weighted by Gasteiger charge is 2.25. The molecule has 0 fully saturated rings. The van der Waals surface area contributed by atoms with Crippen LogP contribution in [0.15, 0.2) is 12.5 Å². The van der Waals surface area contributed by atoms with E-state index in [0.29, 0.717) is 57.7 Å². The van der Waals surface area contributed by atoms with E-state index in [1.165, 1.54) is 57.7 Å². The number of nitrogens with zero attached hydrogens (tertiary/aromatic N) is 1. The summed E-state index contributed by atoms with van der Waals surface area (Å²) in [5.74, 6) is -4.13. The monoisotopic (exact) mass is 928 g/mol. The minimum Gasteiger partial charge on any atom is -0.481 e. The number of aromatic amines is 1. The number of nitrogens with one attached hydrogen (secondary N) is 5. The van der Waals surface area contributed by atoms with Gasteiger partial charge in [0.2, 0.25) is 23.6 Å². The van der Waals surface area contributed by atoms with Crippen LogP contribution in [0.4, 0.5) is 0 Å². The van der Waals surface area contributed by atoms with Crippen molar-refractivity contribution in [2.75, 3.05) is 79.0 Å². The van der Waals surface area contributed by atoms with Crippen LogP contribution in [0.25, 0.3) is 0 Å². The number of unbranched alkanes of at least 4 members (excludes halogenated alkanes) is 14. The summed E-state index contributed by atoms with van der Waals surface area (Å²) in [7, 11) is 0. The fourth-order valence-corrected chi connectivity index (χ4v) is 6.69. The molecule has 4 amide bonds. The number of aromatic nitrogens is 2. The summed E-state index contributed by atoms with van der Waals surface area (Å²) in [6, 6.07) is -0.847. The summed E-state index contributed by atoms with van der Waals surface area (Å²) < 4.78 is 21.5. The second-order valence-corrected chi connectivity index (χ2v) is 16.1. The summed E-state index contributed by atoms with van der Waals surface area (Å²) >= 11 is 0. The van der Waals surface area contributed by atoms with Crippen LogP contribution in [0.3, 0.4) is 0 Å². The van der Waals surface area contributed by atoms with Gasteiger partial charge in [-0.2, -0.15) is 0 Å². The lowest BCUT2D eigenvalue weighted by atomic mass is 9.91. The van der Waals surface area contributed by atoms with Gasteiger partial charge in [0, 0.05) is 64.6 Å². The van der Waals surface area contributed by atoms with Crippen LogP contribution in [0, 0.1) is 5.92 Å². The lowest BCUT2D eigenvalue weighted by Crippen LogP contribution is -2.39.